The summed E-state index contributed by atoms with van der Waals surface area (Å²) >= 11 is 3.44. The largest absolute Gasteiger partial charge is 0.478 e. The Balaban J connectivity index is 1.47. The summed E-state index contributed by atoms with van der Waals surface area (Å²) in [7, 11) is 0. The maximum atomic E-state index is 13.1. The molecule has 0 radical (unpaired) electrons. The van der Waals surface area contributed by atoms with E-state index in [4.69, 9.17) is 9.47 Å². The molecule has 0 aliphatic carbocycles. The van der Waals surface area contributed by atoms with Gasteiger partial charge in [0.2, 0.25) is 5.78 Å². The number of allylic oxidation sites excluding steroid dienone is 1. The Hall–Kier alpha value is -2.89. The highest BCUT2D eigenvalue weighted by atomic mass is 79.9. The molecule has 4 nitrogen and oxygen atoms in total. The van der Waals surface area contributed by atoms with E-state index in [1.807, 2.05) is 55.5 Å². The highest BCUT2D eigenvalue weighted by molar-refractivity contribution is 9.10. The minimum absolute atomic E-state index is 0.0756. The molecule has 0 amide bonds. The Morgan fingerprint density at radius 3 is 2.63 bits per heavy atom. The van der Waals surface area contributed by atoms with E-state index in [2.05, 4.69) is 33.0 Å². The number of Topliss-reactive ketones (excluding diaryl/α,β-unsaturated/α-hetero) is 1. The van der Waals surface area contributed by atoms with Gasteiger partial charge in [0, 0.05) is 17.6 Å². The van der Waals surface area contributed by atoms with Crippen LogP contribution in [0.15, 0.2) is 70.9 Å². The topological polar surface area (TPSA) is 38.8 Å². The fourth-order valence-electron chi connectivity index (χ4n) is 3.93. The quantitative estimate of drug-likeness (QED) is 0.467. The van der Waals surface area contributed by atoms with Crippen LogP contribution in [0.2, 0.25) is 0 Å². The number of carbonyl (C=O) groups excluding carboxylic acids is 1. The molecule has 0 atom stereocenters. The van der Waals surface area contributed by atoms with E-state index in [0.29, 0.717) is 30.3 Å². The van der Waals surface area contributed by atoms with Gasteiger partial charge in [-0.15, -0.1) is 0 Å². The van der Waals surface area contributed by atoms with Gasteiger partial charge in [0.1, 0.15) is 18.2 Å². The molecule has 0 saturated heterocycles. The first-order valence-corrected chi connectivity index (χ1v) is 10.6. The van der Waals surface area contributed by atoms with Crippen molar-refractivity contribution in [3.63, 3.8) is 0 Å². The van der Waals surface area contributed by atoms with Gasteiger partial charge < -0.3 is 9.47 Å². The van der Waals surface area contributed by atoms with Gasteiger partial charge in [0.25, 0.3) is 0 Å². The lowest BCUT2D eigenvalue weighted by atomic mass is 9.98. The van der Waals surface area contributed by atoms with Crippen molar-refractivity contribution in [1.82, 2.24) is 4.90 Å². The molecule has 0 spiro atoms. The highest BCUT2D eigenvalue weighted by Gasteiger charge is 2.35. The van der Waals surface area contributed by atoms with E-state index in [0.717, 1.165) is 33.5 Å². The zero-order chi connectivity index (χ0) is 20.7. The average Bonchev–Trinajstić information content (AvgIpc) is 3.08. The van der Waals surface area contributed by atoms with E-state index in [-0.39, 0.29) is 5.78 Å². The van der Waals surface area contributed by atoms with Crippen molar-refractivity contribution in [2.24, 2.45) is 0 Å². The van der Waals surface area contributed by atoms with Crippen LogP contribution in [0.3, 0.4) is 0 Å². The molecule has 5 heteroatoms. The molecule has 150 valence electrons. The fourth-order valence-corrected chi connectivity index (χ4v) is 4.19. The number of rotatable bonds is 3. The van der Waals surface area contributed by atoms with Crippen LogP contribution in [0.1, 0.15) is 32.6 Å². The Kier molecular flexibility index (Phi) is 4.93. The number of fused-ring (bicyclic) bond motifs is 3. The first kappa shape index (κ1) is 19.1. The smallest absolute Gasteiger partial charge is 0.232 e. The molecule has 30 heavy (non-hydrogen) atoms. The number of nitrogens with zero attached hydrogens (tertiary/aromatic N) is 1. The summed E-state index contributed by atoms with van der Waals surface area (Å²) in [6.07, 6.45) is 1.80. The fraction of sp³-hybridized carbons (Fsp3) is 0.160. The number of carbonyl (C=O) groups is 1. The van der Waals surface area contributed by atoms with Crippen LogP contribution in [0.4, 0.5) is 0 Å². The van der Waals surface area contributed by atoms with Gasteiger partial charge in [0.15, 0.2) is 5.76 Å². The van der Waals surface area contributed by atoms with Gasteiger partial charge in [-0.3, -0.25) is 9.69 Å². The predicted molar refractivity (Wildman–Crippen MR) is 119 cm³/mol. The standard InChI is InChI=1S/C25H20BrNO3/c1-16-11-21-20(14-27(15-29-21)13-18-5-3-2-4-6-18)25-23(16)24(28)22(30-25)12-17-7-9-19(26)10-8-17/h2-12H,13-15H2,1H3/b22-12-. The molecular weight excluding hydrogens is 442 g/mol. The van der Waals surface area contributed by atoms with Crippen molar-refractivity contribution in [2.45, 2.75) is 20.0 Å². The van der Waals surface area contributed by atoms with E-state index in [1.54, 1.807) is 6.08 Å². The Bertz CT molecular complexity index is 1150. The van der Waals surface area contributed by atoms with Crippen molar-refractivity contribution >= 4 is 27.8 Å². The number of hydrogen-bond acceptors (Lipinski definition) is 4. The summed E-state index contributed by atoms with van der Waals surface area (Å²) < 4.78 is 13.1. The van der Waals surface area contributed by atoms with Crippen molar-refractivity contribution in [2.75, 3.05) is 6.73 Å². The molecule has 0 saturated carbocycles. The lowest BCUT2D eigenvalue weighted by Crippen LogP contribution is -2.31. The molecule has 2 aliphatic rings. The first-order valence-electron chi connectivity index (χ1n) is 9.84. The van der Waals surface area contributed by atoms with Gasteiger partial charge in [0.05, 0.1) is 11.1 Å². The summed E-state index contributed by atoms with van der Waals surface area (Å²) in [5.74, 6) is 1.71. The first-order chi connectivity index (χ1) is 14.6. The summed E-state index contributed by atoms with van der Waals surface area (Å²) in [6.45, 7) is 3.89. The minimum atomic E-state index is -0.0756. The summed E-state index contributed by atoms with van der Waals surface area (Å²) in [4.78, 5) is 15.3. The maximum absolute atomic E-state index is 13.1. The predicted octanol–water partition coefficient (Wildman–Crippen LogP) is 5.73. The van der Waals surface area contributed by atoms with Crippen LogP contribution in [-0.4, -0.2) is 17.4 Å². The molecule has 5 rings (SSSR count). The number of halogens is 1. The lowest BCUT2D eigenvalue weighted by Gasteiger charge is -2.30. The SMILES string of the molecule is Cc1cc2c(c3c1C(=O)/C(=C/c1ccc(Br)cc1)O3)CN(Cc1ccccc1)CO2. The second-order valence-electron chi connectivity index (χ2n) is 7.61. The van der Waals surface area contributed by atoms with Crippen LogP contribution in [0.5, 0.6) is 11.5 Å². The van der Waals surface area contributed by atoms with E-state index >= 15 is 0 Å². The Morgan fingerprint density at radius 2 is 1.87 bits per heavy atom. The minimum Gasteiger partial charge on any atom is -0.478 e. The van der Waals surface area contributed by atoms with Crippen molar-refractivity contribution in [3.05, 3.63) is 98.7 Å². The second kappa shape index (κ2) is 7.74. The van der Waals surface area contributed by atoms with Gasteiger partial charge in [-0.25, -0.2) is 0 Å². The van der Waals surface area contributed by atoms with Gasteiger partial charge in [-0.05, 0) is 47.9 Å². The van der Waals surface area contributed by atoms with Gasteiger partial charge in [-0.1, -0.05) is 58.4 Å². The molecule has 0 fully saturated rings. The molecular formula is C25H20BrNO3. The monoisotopic (exact) mass is 461 g/mol. The molecule has 0 aromatic heterocycles. The van der Waals surface area contributed by atoms with E-state index < -0.39 is 0 Å². The molecule has 0 bridgehead atoms. The maximum Gasteiger partial charge on any atom is 0.232 e. The van der Waals surface area contributed by atoms with Crippen molar-refractivity contribution in [1.29, 1.82) is 0 Å². The Morgan fingerprint density at radius 1 is 1.10 bits per heavy atom. The van der Waals surface area contributed by atoms with Crippen LogP contribution in [0.25, 0.3) is 6.08 Å². The zero-order valence-electron chi connectivity index (χ0n) is 16.5. The molecule has 3 aromatic carbocycles. The van der Waals surface area contributed by atoms with Crippen LogP contribution < -0.4 is 9.47 Å². The third-order valence-corrected chi connectivity index (χ3v) is 5.93. The van der Waals surface area contributed by atoms with Gasteiger partial charge in [-0.2, -0.15) is 0 Å². The normalized spacial score (nSPS) is 16.7. The number of ketones is 1. The summed E-state index contributed by atoms with van der Waals surface area (Å²) in [6, 6.07) is 20.0. The molecule has 2 aliphatic heterocycles. The van der Waals surface area contributed by atoms with Crippen molar-refractivity contribution in [3.8, 4) is 11.5 Å². The number of hydrogen-bond donors (Lipinski definition) is 0. The van der Waals surface area contributed by atoms with Gasteiger partial charge >= 0.3 is 0 Å². The van der Waals surface area contributed by atoms with E-state index in [9.17, 15) is 4.79 Å². The number of aryl methyl sites for hydroxylation is 1. The molecule has 0 N–H and O–H groups in total. The van der Waals surface area contributed by atoms with Crippen LogP contribution in [-0.2, 0) is 13.1 Å². The van der Waals surface area contributed by atoms with Crippen molar-refractivity contribution < 1.29 is 14.3 Å². The van der Waals surface area contributed by atoms with E-state index in [1.165, 1.54) is 5.56 Å². The van der Waals surface area contributed by atoms with Crippen LogP contribution >= 0.6 is 15.9 Å². The second-order valence-corrected chi connectivity index (χ2v) is 8.53. The molecule has 3 aromatic rings. The lowest BCUT2D eigenvalue weighted by molar-refractivity contribution is 0.0872. The highest BCUT2D eigenvalue weighted by Crippen LogP contribution is 2.44. The number of benzene rings is 3. The zero-order valence-corrected chi connectivity index (χ0v) is 18.1. The average molecular weight is 462 g/mol. The Labute approximate surface area is 183 Å². The molecule has 0 unspecified atom stereocenters. The molecule has 2 heterocycles. The summed E-state index contributed by atoms with van der Waals surface area (Å²) in [5.41, 5.74) is 4.60. The summed E-state index contributed by atoms with van der Waals surface area (Å²) in [5, 5.41) is 0. The third-order valence-electron chi connectivity index (χ3n) is 5.40. The third kappa shape index (κ3) is 3.55. The number of ether oxygens (including phenoxy) is 2. The van der Waals surface area contributed by atoms with Crippen LogP contribution in [0, 0.1) is 6.92 Å².